The van der Waals surface area contributed by atoms with Crippen LogP contribution in [0.25, 0.3) is 0 Å². The van der Waals surface area contributed by atoms with Crippen molar-refractivity contribution in [1.82, 2.24) is 15.5 Å². The molecule has 1 aliphatic rings. The maximum Gasteiger partial charge on any atom is 0.269 e. The average molecular weight is 509 g/mol. The minimum Gasteiger partial charge on any atom is -0.508 e. The predicted molar refractivity (Wildman–Crippen MR) is 139 cm³/mol. The molecule has 3 N–H and O–H groups in total. The number of carbonyl (C=O) groups excluding carboxylic acids is 1. The van der Waals surface area contributed by atoms with E-state index in [1.54, 1.807) is 24.3 Å². The lowest BCUT2D eigenvalue weighted by Crippen LogP contribution is -2.43. The van der Waals surface area contributed by atoms with Crippen molar-refractivity contribution in [1.29, 1.82) is 0 Å². The molecular weight excluding hydrogens is 480 g/mol. The van der Waals surface area contributed by atoms with Gasteiger partial charge in [-0.3, -0.25) is 19.8 Å². The van der Waals surface area contributed by atoms with E-state index < -0.39 is 4.92 Å². The van der Waals surface area contributed by atoms with Gasteiger partial charge in [-0.15, -0.1) is 0 Å². The first-order valence-corrected chi connectivity index (χ1v) is 12.3. The molecule has 0 radical (unpaired) electrons. The Balaban J connectivity index is 1.37. The fraction of sp³-hybridized carbons (Fsp3) is 0.296. The van der Waals surface area contributed by atoms with Crippen LogP contribution >= 0.6 is 11.6 Å². The summed E-state index contributed by atoms with van der Waals surface area (Å²) in [6.07, 6.45) is 1.25. The molecule has 1 amide bonds. The number of hydrogen-bond acceptors (Lipinski definition) is 6. The van der Waals surface area contributed by atoms with Crippen molar-refractivity contribution in [3.8, 4) is 5.75 Å². The maximum atomic E-state index is 13.2. The third-order valence-electron chi connectivity index (χ3n) is 6.43. The third kappa shape index (κ3) is 6.81. The molecule has 0 saturated carbocycles. The first kappa shape index (κ1) is 25.6. The Morgan fingerprint density at radius 2 is 1.75 bits per heavy atom. The summed E-state index contributed by atoms with van der Waals surface area (Å²) < 4.78 is 0. The van der Waals surface area contributed by atoms with E-state index in [-0.39, 0.29) is 29.4 Å². The number of halogens is 1. The molecule has 8 nitrogen and oxygen atoms in total. The van der Waals surface area contributed by atoms with Crippen LogP contribution in [0.3, 0.4) is 0 Å². The lowest BCUT2D eigenvalue weighted by Gasteiger charge is -2.24. The van der Waals surface area contributed by atoms with Crippen LogP contribution in [0.15, 0.2) is 72.8 Å². The molecule has 0 bridgehead atoms. The number of nitrogens with zero attached hydrogens (tertiary/aromatic N) is 2. The summed E-state index contributed by atoms with van der Waals surface area (Å²) in [6.45, 7) is 2.35. The Morgan fingerprint density at radius 1 is 1.06 bits per heavy atom. The SMILES string of the molecule is O=C(NCCc1ccc([N+](=O)[O-])cc1)[C@@H]1C[C@H](NCc2ccc(O)cc2)CN1Cc1ccccc1Cl. The monoisotopic (exact) mass is 508 g/mol. The number of rotatable bonds is 10. The number of aromatic hydroxyl groups is 1. The molecule has 9 heteroatoms. The van der Waals surface area contributed by atoms with Crippen LogP contribution in [0.1, 0.15) is 23.1 Å². The Labute approximate surface area is 215 Å². The Hall–Kier alpha value is -3.46. The number of amides is 1. The Kier molecular flexibility index (Phi) is 8.53. The molecule has 188 valence electrons. The van der Waals surface area contributed by atoms with Crippen LogP contribution in [0.4, 0.5) is 5.69 Å². The van der Waals surface area contributed by atoms with E-state index in [0.717, 1.165) is 16.7 Å². The highest BCUT2D eigenvalue weighted by Gasteiger charge is 2.36. The van der Waals surface area contributed by atoms with Gasteiger partial charge in [0.05, 0.1) is 11.0 Å². The summed E-state index contributed by atoms with van der Waals surface area (Å²) in [4.78, 5) is 25.7. The second-order valence-corrected chi connectivity index (χ2v) is 9.39. The molecule has 1 saturated heterocycles. The molecule has 3 aromatic carbocycles. The van der Waals surface area contributed by atoms with E-state index in [4.69, 9.17) is 11.6 Å². The molecule has 0 aromatic heterocycles. The minimum absolute atomic E-state index is 0.0436. The molecule has 3 aromatic rings. The minimum atomic E-state index is -0.425. The van der Waals surface area contributed by atoms with Crippen molar-refractivity contribution in [2.24, 2.45) is 0 Å². The lowest BCUT2D eigenvalue weighted by molar-refractivity contribution is -0.384. The third-order valence-corrected chi connectivity index (χ3v) is 6.80. The molecule has 36 heavy (non-hydrogen) atoms. The number of phenols is 1. The fourth-order valence-electron chi connectivity index (χ4n) is 4.45. The normalized spacial score (nSPS) is 17.7. The first-order valence-electron chi connectivity index (χ1n) is 11.9. The highest BCUT2D eigenvalue weighted by atomic mass is 35.5. The summed E-state index contributed by atoms with van der Waals surface area (Å²) >= 11 is 6.40. The summed E-state index contributed by atoms with van der Waals surface area (Å²) in [7, 11) is 0. The van der Waals surface area contributed by atoms with Crippen molar-refractivity contribution < 1.29 is 14.8 Å². The molecule has 2 atom stereocenters. The zero-order chi connectivity index (χ0) is 25.5. The van der Waals surface area contributed by atoms with Crippen molar-refractivity contribution in [3.63, 3.8) is 0 Å². The van der Waals surface area contributed by atoms with Gasteiger partial charge in [0, 0.05) is 49.4 Å². The van der Waals surface area contributed by atoms with Gasteiger partial charge >= 0.3 is 0 Å². The number of carbonyl (C=O) groups is 1. The maximum absolute atomic E-state index is 13.2. The van der Waals surface area contributed by atoms with Gasteiger partial charge in [0.15, 0.2) is 0 Å². The molecule has 1 aliphatic heterocycles. The predicted octanol–water partition coefficient (Wildman–Crippen LogP) is 4.05. The Morgan fingerprint density at radius 3 is 2.44 bits per heavy atom. The van der Waals surface area contributed by atoms with Gasteiger partial charge < -0.3 is 15.7 Å². The smallest absolute Gasteiger partial charge is 0.269 e. The highest BCUT2D eigenvalue weighted by molar-refractivity contribution is 6.31. The number of benzene rings is 3. The molecule has 0 aliphatic carbocycles. The van der Waals surface area contributed by atoms with Crippen LogP contribution in [0, 0.1) is 10.1 Å². The van der Waals surface area contributed by atoms with Gasteiger partial charge in [0.25, 0.3) is 5.69 Å². The number of phenolic OH excluding ortho intramolecular Hbond substituents is 1. The number of non-ortho nitro benzene ring substituents is 1. The second kappa shape index (κ2) is 12.0. The van der Waals surface area contributed by atoms with Crippen molar-refractivity contribution in [2.75, 3.05) is 13.1 Å². The van der Waals surface area contributed by atoms with Gasteiger partial charge in [-0.2, -0.15) is 0 Å². The molecule has 1 fully saturated rings. The van der Waals surface area contributed by atoms with Crippen LogP contribution < -0.4 is 10.6 Å². The topological polar surface area (TPSA) is 108 Å². The van der Waals surface area contributed by atoms with E-state index in [1.165, 1.54) is 12.1 Å². The molecular formula is C27H29ClN4O4. The van der Waals surface area contributed by atoms with Gasteiger partial charge in [-0.1, -0.05) is 54.1 Å². The summed E-state index contributed by atoms with van der Waals surface area (Å²) in [6, 6.07) is 20.9. The summed E-state index contributed by atoms with van der Waals surface area (Å²) in [5, 5.41) is 27.6. The van der Waals surface area contributed by atoms with Gasteiger partial charge in [0.2, 0.25) is 5.91 Å². The van der Waals surface area contributed by atoms with Crippen molar-refractivity contribution in [3.05, 3.63) is 105 Å². The number of nitro benzene ring substituents is 1. The zero-order valence-electron chi connectivity index (χ0n) is 19.8. The standard InChI is InChI=1S/C27H29ClN4O4/c28-25-4-2-1-3-21(25)17-31-18-22(30-16-20-7-11-24(33)12-8-20)15-26(31)27(34)29-14-13-19-5-9-23(10-6-19)32(35)36/h1-12,22,26,30,33H,13-18H2,(H,29,34)/t22-,26-/m0/s1. The molecule has 0 spiro atoms. The van der Waals surface area contributed by atoms with Gasteiger partial charge in [-0.05, 0) is 47.7 Å². The number of nitro groups is 1. The molecule has 1 heterocycles. The lowest BCUT2D eigenvalue weighted by atomic mass is 10.1. The van der Waals surface area contributed by atoms with E-state index in [2.05, 4.69) is 15.5 Å². The highest BCUT2D eigenvalue weighted by Crippen LogP contribution is 2.25. The largest absolute Gasteiger partial charge is 0.508 e. The number of hydrogen-bond donors (Lipinski definition) is 3. The van der Waals surface area contributed by atoms with Crippen LogP contribution in [0.5, 0.6) is 5.75 Å². The molecule has 4 rings (SSSR count). The molecule has 0 unspecified atom stereocenters. The Bertz CT molecular complexity index is 1190. The van der Waals surface area contributed by atoms with Crippen LogP contribution in [0.2, 0.25) is 5.02 Å². The van der Waals surface area contributed by atoms with Crippen molar-refractivity contribution in [2.45, 2.75) is 38.0 Å². The summed E-state index contributed by atoms with van der Waals surface area (Å²) in [5.41, 5.74) is 3.01. The van der Waals surface area contributed by atoms with Crippen LogP contribution in [-0.4, -0.2) is 46.0 Å². The van der Waals surface area contributed by atoms with E-state index in [0.29, 0.717) is 44.0 Å². The summed E-state index contributed by atoms with van der Waals surface area (Å²) in [5.74, 6) is 0.189. The quantitative estimate of drug-likeness (QED) is 0.282. The van der Waals surface area contributed by atoms with E-state index >= 15 is 0 Å². The number of nitrogens with one attached hydrogen (secondary N) is 2. The van der Waals surface area contributed by atoms with E-state index in [9.17, 15) is 20.0 Å². The van der Waals surface area contributed by atoms with E-state index in [1.807, 2.05) is 36.4 Å². The second-order valence-electron chi connectivity index (χ2n) is 8.98. The number of likely N-dealkylation sites (tertiary alicyclic amines) is 1. The van der Waals surface area contributed by atoms with Crippen molar-refractivity contribution >= 4 is 23.2 Å². The van der Waals surface area contributed by atoms with Gasteiger partial charge in [-0.25, -0.2) is 0 Å². The fourth-order valence-corrected chi connectivity index (χ4v) is 4.65. The van der Waals surface area contributed by atoms with Gasteiger partial charge in [0.1, 0.15) is 5.75 Å². The zero-order valence-corrected chi connectivity index (χ0v) is 20.5. The van der Waals surface area contributed by atoms with Crippen LogP contribution in [-0.2, 0) is 24.3 Å². The average Bonchev–Trinajstić information content (AvgIpc) is 3.28. The first-order chi connectivity index (χ1) is 17.4.